The summed E-state index contributed by atoms with van der Waals surface area (Å²) in [6.45, 7) is 1.87. The smallest absolute Gasteiger partial charge is 0.121 e. The Balaban J connectivity index is 1.82. The van der Waals surface area contributed by atoms with Gasteiger partial charge in [0, 0.05) is 36.0 Å². The first-order chi connectivity index (χ1) is 8.79. The maximum Gasteiger partial charge on any atom is 0.121 e. The predicted octanol–water partition coefficient (Wildman–Crippen LogP) is 3.16. The topological polar surface area (TPSA) is 39.1 Å². The van der Waals surface area contributed by atoms with Crippen LogP contribution in [0.5, 0.6) is 5.75 Å². The van der Waals surface area contributed by atoms with Crippen LogP contribution in [0.4, 0.5) is 5.69 Å². The highest BCUT2D eigenvalue weighted by Gasteiger charge is 2.01. The fourth-order valence-electron chi connectivity index (χ4n) is 1.67. The van der Waals surface area contributed by atoms with E-state index in [2.05, 4.69) is 30.8 Å². The van der Waals surface area contributed by atoms with Crippen LogP contribution in [0, 0.1) is 0 Å². The first-order valence-corrected chi connectivity index (χ1v) is 6.62. The van der Waals surface area contributed by atoms with Crippen LogP contribution in [0.1, 0.15) is 6.42 Å². The number of hydrogen-bond acceptors (Lipinski definition) is 3. The fourth-order valence-corrected chi connectivity index (χ4v) is 2.06. The van der Waals surface area contributed by atoms with Gasteiger partial charge >= 0.3 is 0 Å². The molecule has 2 aromatic rings. The summed E-state index contributed by atoms with van der Waals surface area (Å²) in [5.74, 6) is 0.857. The standard InChI is InChI=1S/C13H16BrN3O/c1-18-11-3-4-12(14)13(9-11)16-5-2-7-17-8-6-15-10-17/h3-4,6,8-10,16H,2,5,7H2,1H3. The third-order valence-electron chi connectivity index (χ3n) is 2.64. The highest BCUT2D eigenvalue weighted by atomic mass is 79.9. The Morgan fingerprint density at radius 3 is 3.06 bits per heavy atom. The SMILES string of the molecule is COc1ccc(Br)c(NCCCn2ccnc2)c1. The largest absolute Gasteiger partial charge is 0.497 e. The molecule has 0 aliphatic rings. The fraction of sp³-hybridized carbons (Fsp3) is 0.308. The van der Waals surface area contributed by atoms with Crippen LogP contribution in [0.2, 0.25) is 0 Å². The summed E-state index contributed by atoms with van der Waals surface area (Å²) in [6, 6.07) is 5.90. The number of halogens is 1. The van der Waals surface area contributed by atoms with Crippen molar-refractivity contribution in [3.05, 3.63) is 41.4 Å². The van der Waals surface area contributed by atoms with Gasteiger partial charge in [0.05, 0.1) is 19.1 Å². The highest BCUT2D eigenvalue weighted by Crippen LogP contribution is 2.26. The minimum atomic E-state index is 0.857. The summed E-state index contributed by atoms with van der Waals surface area (Å²) < 4.78 is 8.32. The minimum Gasteiger partial charge on any atom is -0.497 e. The molecule has 0 saturated heterocycles. The summed E-state index contributed by atoms with van der Waals surface area (Å²) in [7, 11) is 1.67. The number of rotatable bonds is 6. The Morgan fingerprint density at radius 1 is 1.44 bits per heavy atom. The molecule has 0 aliphatic carbocycles. The lowest BCUT2D eigenvalue weighted by Gasteiger charge is -2.10. The van der Waals surface area contributed by atoms with E-state index >= 15 is 0 Å². The molecule has 2 rings (SSSR count). The molecule has 5 heteroatoms. The molecule has 0 spiro atoms. The average molecular weight is 310 g/mol. The van der Waals surface area contributed by atoms with Gasteiger partial charge in [0.2, 0.25) is 0 Å². The molecule has 1 heterocycles. The minimum absolute atomic E-state index is 0.857. The number of aryl methyl sites for hydroxylation is 1. The van der Waals surface area contributed by atoms with Crippen molar-refractivity contribution in [2.45, 2.75) is 13.0 Å². The molecular weight excluding hydrogens is 294 g/mol. The molecule has 1 aromatic heterocycles. The number of nitrogens with zero attached hydrogens (tertiary/aromatic N) is 2. The van der Waals surface area contributed by atoms with E-state index in [0.29, 0.717) is 0 Å². The Kier molecular flexibility index (Phi) is 4.64. The Bertz CT molecular complexity index is 485. The number of methoxy groups -OCH3 is 1. The molecule has 0 unspecified atom stereocenters. The van der Waals surface area contributed by atoms with Crippen molar-refractivity contribution < 1.29 is 4.74 Å². The predicted molar refractivity (Wildman–Crippen MR) is 76.0 cm³/mol. The third kappa shape index (κ3) is 3.50. The second kappa shape index (κ2) is 6.44. The number of imidazole rings is 1. The van der Waals surface area contributed by atoms with Crippen molar-refractivity contribution in [2.24, 2.45) is 0 Å². The van der Waals surface area contributed by atoms with Crippen LogP contribution in [0.25, 0.3) is 0 Å². The van der Waals surface area contributed by atoms with Gasteiger partial charge in [-0.25, -0.2) is 4.98 Å². The molecule has 0 fully saturated rings. The van der Waals surface area contributed by atoms with Gasteiger partial charge in [0.1, 0.15) is 5.75 Å². The van der Waals surface area contributed by atoms with Gasteiger partial charge in [-0.2, -0.15) is 0 Å². The van der Waals surface area contributed by atoms with Crippen molar-refractivity contribution in [1.29, 1.82) is 0 Å². The number of anilines is 1. The first-order valence-electron chi connectivity index (χ1n) is 5.83. The number of aromatic nitrogens is 2. The van der Waals surface area contributed by atoms with E-state index in [0.717, 1.165) is 35.4 Å². The molecule has 0 amide bonds. The molecule has 1 N–H and O–H groups in total. The number of hydrogen-bond donors (Lipinski definition) is 1. The maximum absolute atomic E-state index is 5.20. The molecule has 0 bridgehead atoms. The Hall–Kier alpha value is -1.49. The van der Waals surface area contributed by atoms with Crippen molar-refractivity contribution in [3.63, 3.8) is 0 Å². The van der Waals surface area contributed by atoms with Crippen LogP contribution in [-0.2, 0) is 6.54 Å². The van der Waals surface area contributed by atoms with E-state index in [4.69, 9.17) is 4.74 Å². The van der Waals surface area contributed by atoms with Gasteiger partial charge in [-0.15, -0.1) is 0 Å². The van der Waals surface area contributed by atoms with Gasteiger partial charge in [-0.1, -0.05) is 0 Å². The lowest BCUT2D eigenvalue weighted by Crippen LogP contribution is -2.06. The van der Waals surface area contributed by atoms with Crippen molar-refractivity contribution >= 4 is 21.6 Å². The second-order valence-corrected chi connectivity index (χ2v) is 4.78. The molecule has 18 heavy (non-hydrogen) atoms. The van der Waals surface area contributed by atoms with E-state index in [9.17, 15) is 0 Å². The maximum atomic E-state index is 5.20. The van der Waals surface area contributed by atoms with E-state index in [1.54, 1.807) is 13.3 Å². The Labute approximate surface area is 115 Å². The summed E-state index contributed by atoms with van der Waals surface area (Å²) in [5, 5.41) is 3.39. The van der Waals surface area contributed by atoms with Crippen LogP contribution in [0.15, 0.2) is 41.4 Å². The molecule has 96 valence electrons. The number of ether oxygens (including phenoxy) is 1. The quantitative estimate of drug-likeness (QED) is 0.833. The van der Waals surface area contributed by atoms with Crippen LogP contribution < -0.4 is 10.1 Å². The monoisotopic (exact) mass is 309 g/mol. The zero-order chi connectivity index (χ0) is 12.8. The van der Waals surface area contributed by atoms with Crippen LogP contribution in [0.3, 0.4) is 0 Å². The van der Waals surface area contributed by atoms with Crippen molar-refractivity contribution in [1.82, 2.24) is 9.55 Å². The second-order valence-electron chi connectivity index (χ2n) is 3.93. The first kappa shape index (κ1) is 13.0. The highest BCUT2D eigenvalue weighted by molar-refractivity contribution is 9.10. The van der Waals surface area contributed by atoms with E-state index in [-0.39, 0.29) is 0 Å². The zero-order valence-corrected chi connectivity index (χ0v) is 11.9. The normalized spacial score (nSPS) is 10.3. The van der Waals surface area contributed by atoms with E-state index < -0.39 is 0 Å². The lowest BCUT2D eigenvalue weighted by molar-refractivity contribution is 0.415. The lowest BCUT2D eigenvalue weighted by atomic mass is 10.3. The van der Waals surface area contributed by atoms with Crippen LogP contribution in [-0.4, -0.2) is 23.2 Å². The van der Waals surface area contributed by atoms with Crippen molar-refractivity contribution in [3.8, 4) is 5.75 Å². The van der Waals surface area contributed by atoms with Gasteiger partial charge in [0.25, 0.3) is 0 Å². The molecule has 1 aromatic carbocycles. The van der Waals surface area contributed by atoms with Crippen LogP contribution >= 0.6 is 15.9 Å². The van der Waals surface area contributed by atoms with Gasteiger partial charge < -0.3 is 14.6 Å². The summed E-state index contributed by atoms with van der Waals surface area (Å²) in [5.41, 5.74) is 1.06. The molecule has 0 aliphatic heterocycles. The van der Waals surface area contributed by atoms with E-state index in [1.165, 1.54) is 0 Å². The number of benzene rings is 1. The average Bonchev–Trinajstić information content (AvgIpc) is 2.89. The number of nitrogens with one attached hydrogen (secondary N) is 1. The molecular formula is C13H16BrN3O. The zero-order valence-electron chi connectivity index (χ0n) is 10.3. The van der Waals surface area contributed by atoms with Crippen molar-refractivity contribution in [2.75, 3.05) is 19.0 Å². The summed E-state index contributed by atoms with van der Waals surface area (Å²) in [4.78, 5) is 4.01. The van der Waals surface area contributed by atoms with E-state index in [1.807, 2.05) is 30.7 Å². The molecule has 0 radical (unpaired) electrons. The van der Waals surface area contributed by atoms with Gasteiger partial charge in [-0.05, 0) is 34.5 Å². The molecule has 4 nitrogen and oxygen atoms in total. The Morgan fingerprint density at radius 2 is 2.33 bits per heavy atom. The third-order valence-corrected chi connectivity index (χ3v) is 3.33. The summed E-state index contributed by atoms with van der Waals surface area (Å²) >= 11 is 3.52. The molecule has 0 saturated carbocycles. The van der Waals surface area contributed by atoms with Gasteiger partial charge in [-0.3, -0.25) is 0 Å². The molecule has 0 atom stereocenters. The van der Waals surface area contributed by atoms with Gasteiger partial charge in [0.15, 0.2) is 0 Å². The summed E-state index contributed by atoms with van der Waals surface area (Å²) in [6.07, 6.45) is 6.65.